The minimum atomic E-state index is -0.626. The van der Waals surface area contributed by atoms with Gasteiger partial charge < -0.3 is 19.1 Å². The number of hydrogen-bond donors (Lipinski definition) is 0. The van der Waals surface area contributed by atoms with Gasteiger partial charge in [-0.1, -0.05) is 40.5 Å². The third kappa shape index (κ3) is 6.68. The number of rotatable bonds is 7. The van der Waals surface area contributed by atoms with Crippen molar-refractivity contribution in [3.63, 3.8) is 0 Å². The Morgan fingerprint density at radius 1 is 0.939 bits per heavy atom. The maximum atomic E-state index is 12.1. The Labute approximate surface area is 193 Å². The van der Waals surface area contributed by atoms with Crippen LogP contribution in [0.5, 0.6) is 0 Å². The van der Waals surface area contributed by atoms with Crippen LogP contribution in [-0.4, -0.2) is 44.7 Å². The van der Waals surface area contributed by atoms with Crippen LogP contribution in [0.25, 0.3) is 0 Å². The monoisotopic (exact) mass is 450 g/mol. The Kier molecular flexibility index (Phi) is 9.18. The first-order chi connectivity index (χ1) is 15.8. The molecule has 0 atom stereocenters. The van der Waals surface area contributed by atoms with E-state index in [9.17, 15) is 9.59 Å². The Morgan fingerprint density at radius 2 is 1.70 bits per heavy atom. The third-order valence-corrected chi connectivity index (χ3v) is 4.67. The number of carbonyl (C=O) groups is 2. The molecule has 2 rings (SSSR count). The normalized spacial score (nSPS) is 11.2. The van der Waals surface area contributed by atoms with Gasteiger partial charge >= 0.3 is 11.9 Å². The van der Waals surface area contributed by atoms with Crippen molar-refractivity contribution in [3.8, 4) is 11.8 Å². The molecule has 172 valence electrons. The Balaban J connectivity index is 2.21. The predicted molar refractivity (Wildman–Crippen MR) is 124 cm³/mol. The molecule has 0 amide bonds. The number of hydrogen-bond acceptors (Lipinski definition) is 8. The van der Waals surface area contributed by atoms with E-state index < -0.39 is 11.9 Å². The summed E-state index contributed by atoms with van der Waals surface area (Å²) < 4.78 is 9.59. The van der Waals surface area contributed by atoms with Gasteiger partial charge in [0.25, 0.3) is 0 Å². The zero-order valence-corrected chi connectivity index (χ0v) is 19.5. The largest absolute Gasteiger partial charge is 0.465 e. The topological polar surface area (TPSA) is 95.8 Å². The maximum absolute atomic E-state index is 12.1. The summed E-state index contributed by atoms with van der Waals surface area (Å²) in [4.78, 5) is 34.3. The van der Waals surface area contributed by atoms with E-state index in [4.69, 9.17) is 19.1 Å². The molecule has 8 nitrogen and oxygen atoms in total. The van der Waals surface area contributed by atoms with Gasteiger partial charge in [-0.3, -0.25) is 0 Å². The van der Waals surface area contributed by atoms with Crippen molar-refractivity contribution in [1.29, 1.82) is 0 Å². The highest BCUT2D eigenvalue weighted by Crippen LogP contribution is 2.18. The molecule has 0 aliphatic carbocycles. The molecular weight excluding hydrogens is 424 g/mol. The van der Waals surface area contributed by atoms with Crippen LogP contribution < -0.4 is 0 Å². The summed E-state index contributed by atoms with van der Waals surface area (Å²) in [5.41, 5.74) is 4.50. The van der Waals surface area contributed by atoms with E-state index in [1.165, 1.54) is 21.3 Å². The Morgan fingerprint density at radius 3 is 2.36 bits per heavy atom. The maximum Gasteiger partial charge on any atom is 0.360 e. The molecule has 0 saturated carbocycles. The molecule has 0 aliphatic rings. The molecule has 0 heterocycles. The van der Waals surface area contributed by atoms with Gasteiger partial charge in [0.2, 0.25) is 0 Å². The minimum Gasteiger partial charge on any atom is -0.465 e. The molecule has 0 spiro atoms. The molecule has 2 aromatic carbocycles. The summed E-state index contributed by atoms with van der Waals surface area (Å²) in [6.45, 7) is 5.49. The summed E-state index contributed by atoms with van der Waals surface area (Å²) in [5, 5.41) is 7.84. The van der Waals surface area contributed by atoms with Crippen LogP contribution in [0.2, 0.25) is 0 Å². The Hall–Kier alpha value is -4.12. The fraction of sp³-hybridized carbons (Fsp3) is 0.280. The van der Waals surface area contributed by atoms with E-state index in [0.29, 0.717) is 28.0 Å². The molecule has 0 radical (unpaired) electrons. The second-order valence-corrected chi connectivity index (χ2v) is 6.94. The van der Waals surface area contributed by atoms with Gasteiger partial charge in [0.15, 0.2) is 5.71 Å². The molecule has 0 bridgehead atoms. The van der Waals surface area contributed by atoms with Gasteiger partial charge in [-0.2, -0.15) is 0 Å². The second-order valence-electron chi connectivity index (χ2n) is 6.94. The number of esters is 2. The van der Waals surface area contributed by atoms with Crippen molar-refractivity contribution < 1.29 is 28.7 Å². The smallest absolute Gasteiger partial charge is 0.360 e. The van der Waals surface area contributed by atoms with E-state index in [1.54, 1.807) is 31.2 Å². The zero-order chi connectivity index (χ0) is 24.4. The first-order valence-electron chi connectivity index (χ1n) is 9.98. The number of oxime groups is 2. The van der Waals surface area contributed by atoms with Crippen molar-refractivity contribution in [2.45, 2.75) is 27.4 Å². The standard InChI is InChI=1S/C25H26N2O6/c1-16-8-7-9-20(23(27-32-6)25(29)31-5)22(16)15-33-26-18(3)11-13-19-12-10-17(2)21(14-19)24(28)30-4/h7-10,12,14H,15H2,1-6H3/b26-18+,27-23+. The lowest BCUT2D eigenvalue weighted by atomic mass is 9.99. The highest BCUT2D eigenvalue weighted by atomic mass is 16.6. The van der Waals surface area contributed by atoms with Gasteiger partial charge in [0.1, 0.15) is 19.4 Å². The summed E-state index contributed by atoms with van der Waals surface area (Å²) in [6, 6.07) is 10.7. The first kappa shape index (κ1) is 25.1. The molecular formula is C25H26N2O6. The second kappa shape index (κ2) is 12.1. The number of aryl methyl sites for hydroxylation is 2. The van der Waals surface area contributed by atoms with Crippen molar-refractivity contribution in [1.82, 2.24) is 0 Å². The minimum absolute atomic E-state index is 0.0311. The lowest BCUT2D eigenvalue weighted by molar-refractivity contribution is -0.132. The molecule has 2 aromatic rings. The SMILES string of the molecule is CO/N=C(/C(=O)OC)c1cccc(C)c1CO/N=C(\C)C#Cc1ccc(C)c(C(=O)OC)c1. The molecule has 8 heteroatoms. The highest BCUT2D eigenvalue weighted by molar-refractivity contribution is 6.43. The van der Waals surface area contributed by atoms with E-state index in [-0.39, 0.29) is 12.3 Å². The molecule has 0 aromatic heterocycles. The molecule has 0 aliphatic heterocycles. The van der Waals surface area contributed by atoms with Crippen LogP contribution in [0.3, 0.4) is 0 Å². The molecule has 0 unspecified atom stereocenters. The van der Waals surface area contributed by atoms with E-state index in [0.717, 1.165) is 11.1 Å². The lowest BCUT2D eigenvalue weighted by Gasteiger charge is -2.12. The number of methoxy groups -OCH3 is 2. The van der Waals surface area contributed by atoms with Crippen LogP contribution in [0.15, 0.2) is 46.7 Å². The average Bonchev–Trinajstić information content (AvgIpc) is 2.82. The number of nitrogens with zero attached hydrogens (tertiary/aromatic N) is 2. The highest BCUT2D eigenvalue weighted by Gasteiger charge is 2.20. The van der Waals surface area contributed by atoms with E-state index in [2.05, 4.69) is 22.2 Å². The fourth-order valence-electron chi connectivity index (χ4n) is 2.91. The van der Waals surface area contributed by atoms with Crippen molar-refractivity contribution in [2.75, 3.05) is 21.3 Å². The summed E-state index contributed by atoms with van der Waals surface area (Å²) in [6.07, 6.45) is 0. The van der Waals surface area contributed by atoms with Gasteiger partial charge in [-0.15, -0.1) is 0 Å². The summed E-state index contributed by atoms with van der Waals surface area (Å²) in [5.74, 6) is 4.81. The van der Waals surface area contributed by atoms with Crippen LogP contribution >= 0.6 is 0 Å². The summed E-state index contributed by atoms with van der Waals surface area (Å²) in [7, 11) is 3.96. The quantitative estimate of drug-likeness (QED) is 0.277. The van der Waals surface area contributed by atoms with Gasteiger partial charge in [0, 0.05) is 16.7 Å². The van der Waals surface area contributed by atoms with Gasteiger partial charge in [-0.05, 0) is 50.0 Å². The molecule has 0 N–H and O–H groups in total. The van der Waals surface area contributed by atoms with Crippen LogP contribution in [-0.2, 0) is 30.6 Å². The fourth-order valence-corrected chi connectivity index (χ4v) is 2.91. The first-order valence-corrected chi connectivity index (χ1v) is 9.98. The van der Waals surface area contributed by atoms with Gasteiger partial charge in [-0.25, -0.2) is 9.59 Å². The van der Waals surface area contributed by atoms with Crippen molar-refractivity contribution in [3.05, 3.63) is 69.8 Å². The van der Waals surface area contributed by atoms with Gasteiger partial charge in [0.05, 0.1) is 19.8 Å². The summed E-state index contributed by atoms with van der Waals surface area (Å²) >= 11 is 0. The third-order valence-electron chi connectivity index (χ3n) is 4.67. The van der Waals surface area contributed by atoms with Crippen LogP contribution in [0.1, 0.15) is 45.1 Å². The molecule has 0 saturated heterocycles. The van der Waals surface area contributed by atoms with Crippen molar-refractivity contribution in [2.24, 2.45) is 10.3 Å². The Bertz CT molecular complexity index is 1160. The van der Waals surface area contributed by atoms with Crippen molar-refractivity contribution >= 4 is 23.4 Å². The van der Waals surface area contributed by atoms with Crippen LogP contribution in [0.4, 0.5) is 0 Å². The zero-order valence-electron chi connectivity index (χ0n) is 19.5. The van der Waals surface area contributed by atoms with Crippen LogP contribution in [0, 0.1) is 25.7 Å². The number of ether oxygens (including phenoxy) is 2. The predicted octanol–water partition coefficient (Wildman–Crippen LogP) is 3.56. The number of benzene rings is 2. The molecule has 0 fully saturated rings. The van der Waals surface area contributed by atoms with E-state index >= 15 is 0 Å². The van der Waals surface area contributed by atoms with E-state index in [1.807, 2.05) is 26.0 Å². The number of carbonyl (C=O) groups excluding carboxylic acids is 2. The average molecular weight is 450 g/mol. The lowest BCUT2D eigenvalue weighted by Crippen LogP contribution is -2.20. The molecule has 33 heavy (non-hydrogen) atoms.